The Kier molecular flexibility index (Phi) is 3.42. The first-order valence-corrected chi connectivity index (χ1v) is 4.75. The topological polar surface area (TPSA) is 56.7 Å². The number of aryl methyl sites for hydroxylation is 2. The van der Waals surface area contributed by atoms with Gasteiger partial charge in [0.05, 0.1) is 11.4 Å². The van der Waals surface area contributed by atoms with E-state index in [-0.39, 0.29) is 0 Å². The molecule has 0 bridgehead atoms. The van der Waals surface area contributed by atoms with Gasteiger partial charge in [0.25, 0.3) is 0 Å². The van der Waals surface area contributed by atoms with Gasteiger partial charge in [0.2, 0.25) is 0 Å². The van der Waals surface area contributed by atoms with Crippen molar-refractivity contribution in [2.75, 3.05) is 6.54 Å². The maximum Gasteiger partial charge on any atom is 0.0862 e. The van der Waals surface area contributed by atoms with Crippen LogP contribution in [0, 0.1) is 0 Å². The molecular formula is C9H18N4. The lowest BCUT2D eigenvalue weighted by atomic mass is 10.1. The van der Waals surface area contributed by atoms with E-state index in [0.29, 0.717) is 12.5 Å². The predicted molar refractivity (Wildman–Crippen MR) is 52.5 cm³/mol. The maximum absolute atomic E-state index is 5.45. The quantitative estimate of drug-likeness (QED) is 0.750. The lowest BCUT2D eigenvalue weighted by Crippen LogP contribution is -2.05. The molecule has 0 aromatic carbocycles. The van der Waals surface area contributed by atoms with Crippen LogP contribution in [0.3, 0.4) is 0 Å². The fourth-order valence-corrected chi connectivity index (χ4v) is 1.56. The molecule has 1 rings (SSSR count). The summed E-state index contributed by atoms with van der Waals surface area (Å²) in [5.41, 5.74) is 7.78. The zero-order valence-electron chi connectivity index (χ0n) is 8.62. The Morgan fingerprint density at radius 3 is 2.69 bits per heavy atom. The molecule has 0 aliphatic carbocycles. The number of nitrogens with zero attached hydrogens (tertiary/aromatic N) is 3. The molecule has 0 saturated carbocycles. The summed E-state index contributed by atoms with van der Waals surface area (Å²) in [7, 11) is 1.94. The van der Waals surface area contributed by atoms with E-state index in [1.165, 1.54) is 5.69 Å². The van der Waals surface area contributed by atoms with Gasteiger partial charge in [-0.05, 0) is 25.3 Å². The fourth-order valence-electron chi connectivity index (χ4n) is 1.56. The van der Waals surface area contributed by atoms with E-state index in [0.717, 1.165) is 18.5 Å². The highest BCUT2D eigenvalue weighted by molar-refractivity contribution is 5.14. The van der Waals surface area contributed by atoms with Crippen LogP contribution in [0.4, 0.5) is 0 Å². The summed E-state index contributed by atoms with van der Waals surface area (Å²) in [6.45, 7) is 5.03. The number of rotatable bonds is 4. The Balaban J connectivity index is 2.81. The SMILES string of the molecule is CC(C)c1c(CCCN)nnn1C. The van der Waals surface area contributed by atoms with Gasteiger partial charge >= 0.3 is 0 Å². The second kappa shape index (κ2) is 4.37. The van der Waals surface area contributed by atoms with Crippen molar-refractivity contribution < 1.29 is 0 Å². The second-order valence-electron chi connectivity index (χ2n) is 3.59. The molecule has 0 radical (unpaired) electrons. The highest BCUT2D eigenvalue weighted by Gasteiger charge is 2.12. The third-order valence-corrected chi connectivity index (χ3v) is 2.11. The number of nitrogens with two attached hydrogens (primary N) is 1. The molecular weight excluding hydrogens is 164 g/mol. The van der Waals surface area contributed by atoms with Crippen molar-refractivity contribution >= 4 is 0 Å². The summed E-state index contributed by atoms with van der Waals surface area (Å²) >= 11 is 0. The van der Waals surface area contributed by atoms with Crippen LogP contribution in [0.15, 0.2) is 0 Å². The van der Waals surface area contributed by atoms with Gasteiger partial charge in [-0.2, -0.15) is 0 Å². The van der Waals surface area contributed by atoms with Crippen LogP contribution in [0.2, 0.25) is 0 Å². The first kappa shape index (κ1) is 10.2. The molecule has 0 saturated heterocycles. The van der Waals surface area contributed by atoms with E-state index < -0.39 is 0 Å². The van der Waals surface area contributed by atoms with E-state index in [1.54, 1.807) is 0 Å². The molecule has 0 unspecified atom stereocenters. The molecule has 1 heterocycles. The van der Waals surface area contributed by atoms with Crippen molar-refractivity contribution in [3.05, 3.63) is 11.4 Å². The van der Waals surface area contributed by atoms with Crippen LogP contribution in [-0.4, -0.2) is 21.5 Å². The smallest absolute Gasteiger partial charge is 0.0862 e. The summed E-state index contributed by atoms with van der Waals surface area (Å²) < 4.78 is 1.86. The molecule has 4 heteroatoms. The summed E-state index contributed by atoms with van der Waals surface area (Å²) in [6, 6.07) is 0. The molecule has 1 aromatic rings. The molecule has 2 N–H and O–H groups in total. The number of aromatic nitrogens is 3. The zero-order chi connectivity index (χ0) is 9.84. The average molecular weight is 182 g/mol. The van der Waals surface area contributed by atoms with Crippen LogP contribution >= 0.6 is 0 Å². The van der Waals surface area contributed by atoms with Gasteiger partial charge < -0.3 is 5.73 Å². The van der Waals surface area contributed by atoms with E-state index in [4.69, 9.17) is 5.73 Å². The Morgan fingerprint density at radius 1 is 1.46 bits per heavy atom. The fraction of sp³-hybridized carbons (Fsp3) is 0.778. The lowest BCUT2D eigenvalue weighted by Gasteiger charge is -2.06. The van der Waals surface area contributed by atoms with Crippen LogP contribution in [-0.2, 0) is 13.5 Å². The van der Waals surface area contributed by atoms with Crippen molar-refractivity contribution in [1.82, 2.24) is 15.0 Å². The molecule has 74 valence electrons. The van der Waals surface area contributed by atoms with Crippen LogP contribution < -0.4 is 5.73 Å². The van der Waals surface area contributed by atoms with Crippen molar-refractivity contribution in [1.29, 1.82) is 0 Å². The van der Waals surface area contributed by atoms with E-state index >= 15 is 0 Å². The minimum absolute atomic E-state index is 0.479. The first-order chi connectivity index (χ1) is 6.16. The molecule has 4 nitrogen and oxygen atoms in total. The van der Waals surface area contributed by atoms with Gasteiger partial charge in [0.15, 0.2) is 0 Å². The van der Waals surface area contributed by atoms with Gasteiger partial charge in [0.1, 0.15) is 0 Å². The molecule has 13 heavy (non-hydrogen) atoms. The summed E-state index contributed by atoms with van der Waals surface area (Å²) in [5.74, 6) is 0.479. The summed E-state index contributed by atoms with van der Waals surface area (Å²) in [5, 5.41) is 8.15. The van der Waals surface area contributed by atoms with Gasteiger partial charge in [-0.15, -0.1) is 5.10 Å². The van der Waals surface area contributed by atoms with Gasteiger partial charge in [0, 0.05) is 7.05 Å². The summed E-state index contributed by atoms with van der Waals surface area (Å²) in [4.78, 5) is 0. The van der Waals surface area contributed by atoms with Crippen molar-refractivity contribution in [3.8, 4) is 0 Å². The first-order valence-electron chi connectivity index (χ1n) is 4.75. The lowest BCUT2D eigenvalue weighted by molar-refractivity contribution is 0.646. The third kappa shape index (κ3) is 2.28. The minimum atomic E-state index is 0.479. The highest BCUT2D eigenvalue weighted by atomic mass is 15.4. The van der Waals surface area contributed by atoms with Crippen LogP contribution in [0.1, 0.15) is 37.6 Å². The molecule has 0 atom stereocenters. The third-order valence-electron chi connectivity index (χ3n) is 2.11. The van der Waals surface area contributed by atoms with Gasteiger partial charge in [-0.3, -0.25) is 4.68 Å². The summed E-state index contributed by atoms with van der Waals surface area (Å²) in [6.07, 6.45) is 1.93. The highest BCUT2D eigenvalue weighted by Crippen LogP contribution is 2.17. The average Bonchev–Trinajstić information content (AvgIpc) is 2.43. The predicted octanol–water partition coefficient (Wildman–Crippen LogP) is 0.830. The van der Waals surface area contributed by atoms with Crippen molar-refractivity contribution in [2.24, 2.45) is 12.8 Å². The van der Waals surface area contributed by atoms with Gasteiger partial charge in [-0.1, -0.05) is 19.1 Å². The standard InChI is InChI=1S/C9H18N4/c1-7(2)9-8(5-4-6-10)11-12-13(9)3/h7H,4-6,10H2,1-3H3. The molecule has 0 aliphatic rings. The Morgan fingerprint density at radius 2 is 2.15 bits per heavy atom. The van der Waals surface area contributed by atoms with Crippen molar-refractivity contribution in [2.45, 2.75) is 32.6 Å². The Hall–Kier alpha value is -0.900. The maximum atomic E-state index is 5.45. The Bertz CT molecular complexity index is 265. The molecule has 0 amide bonds. The second-order valence-corrected chi connectivity index (χ2v) is 3.59. The molecule has 0 spiro atoms. The Labute approximate surface area is 79.1 Å². The molecule has 0 fully saturated rings. The minimum Gasteiger partial charge on any atom is -0.330 e. The van der Waals surface area contributed by atoms with E-state index in [9.17, 15) is 0 Å². The van der Waals surface area contributed by atoms with Crippen LogP contribution in [0.25, 0.3) is 0 Å². The van der Waals surface area contributed by atoms with Crippen LogP contribution in [0.5, 0.6) is 0 Å². The van der Waals surface area contributed by atoms with Crippen molar-refractivity contribution in [3.63, 3.8) is 0 Å². The number of hydrogen-bond acceptors (Lipinski definition) is 3. The van der Waals surface area contributed by atoms with Gasteiger partial charge in [-0.25, -0.2) is 0 Å². The normalized spacial score (nSPS) is 11.2. The molecule has 0 aliphatic heterocycles. The monoisotopic (exact) mass is 182 g/mol. The zero-order valence-corrected chi connectivity index (χ0v) is 8.62. The largest absolute Gasteiger partial charge is 0.330 e. The van der Waals surface area contributed by atoms with E-state index in [1.807, 2.05) is 11.7 Å². The number of hydrogen-bond donors (Lipinski definition) is 1. The molecule has 1 aromatic heterocycles. The van der Waals surface area contributed by atoms with E-state index in [2.05, 4.69) is 24.2 Å².